The highest BCUT2D eigenvalue weighted by Gasteiger charge is 2.30. The fourth-order valence-electron chi connectivity index (χ4n) is 1.31. The van der Waals surface area contributed by atoms with Crippen LogP contribution in [0.25, 0.3) is 0 Å². The predicted octanol–water partition coefficient (Wildman–Crippen LogP) is 1.47. The van der Waals surface area contributed by atoms with Crippen LogP contribution in [0.2, 0.25) is 0 Å². The summed E-state index contributed by atoms with van der Waals surface area (Å²) >= 11 is 0. The zero-order valence-electron chi connectivity index (χ0n) is 5.87. The molecule has 2 rings (SSSR count). The molecule has 2 aliphatic carbocycles. The maximum Gasteiger partial charge on any atom is 0.286 e. The van der Waals surface area contributed by atoms with Gasteiger partial charge in [0.15, 0.2) is 11.4 Å². The van der Waals surface area contributed by atoms with Crippen LogP contribution in [0, 0.1) is 6.42 Å². The first-order chi connectivity index (χ1) is 5.27. The maximum atomic E-state index is 10.8. The summed E-state index contributed by atoms with van der Waals surface area (Å²) < 4.78 is 0. The summed E-state index contributed by atoms with van der Waals surface area (Å²) in [6.07, 6.45) is 7.08. The van der Waals surface area contributed by atoms with Crippen LogP contribution in [0.5, 0.6) is 0 Å². The maximum absolute atomic E-state index is 10.8. The molecule has 11 heavy (non-hydrogen) atoms. The Morgan fingerprint density at radius 2 is 2.27 bits per heavy atom. The molecule has 0 heterocycles. The summed E-state index contributed by atoms with van der Waals surface area (Å²) in [4.78, 5) is 10.8. The SMILES string of the molecule is O=C1C=CC2=C(O)[CH+]CC2=C1. The van der Waals surface area contributed by atoms with Gasteiger partial charge in [-0.05, 0) is 0 Å². The second-order valence-electron chi connectivity index (χ2n) is 2.61. The van der Waals surface area contributed by atoms with Crippen molar-refractivity contribution in [2.45, 2.75) is 6.42 Å². The van der Waals surface area contributed by atoms with Gasteiger partial charge in [-0.1, -0.05) is 0 Å². The zero-order chi connectivity index (χ0) is 7.84. The number of carbonyl (C=O) groups is 1. The molecule has 0 aliphatic heterocycles. The highest BCUT2D eigenvalue weighted by Crippen LogP contribution is 2.31. The van der Waals surface area contributed by atoms with Crippen LogP contribution in [0.15, 0.2) is 35.1 Å². The van der Waals surface area contributed by atoms with Gasteiger partial charge in [-0.15, -0.1) is 0 Å². The van der Waals surface area contributed by atoms with Crippen molar-refractivity contribution < 1.29 is 9.90 Å². The molecule has 2 heteroatoms. The summed E-state index contributed by atoms with van der Waals surface area (Å²) in [7, 11) is 0. The van der Waals surface area contributed by atoms with Gasteiger partial charge in [0.25, 0.3) is 5.76 Å². The van der Waals surface area contributed by atoms with Crippen LogP contribution >= 0.6 is 0 Å². The van der Waals surface area contributed by atoms with E-state index in [1.165, 1.54) is 6.08 Å². The predicted molar refractivity (Wildman–Crippen MR) is 40.8 cm³/mol. The molecule has 0 amide bonds. The number of rotatable bonds is 0. The highest BCUT2D eigenvalue weighted by atomic mass is 16.3. The van der Waals surface area contributed by atoms with Crippen molar-refractivity contribution in [2.75, 3.05) is 0 Å². The number of aliphatic hydroxyl groups excluding tert-OH is 1. The molecule has 0 atom stereocenters. The van der Waals surface area contributed by atoms with E-state index in [9.17, 15) is 9.90 Å². The van der Waals surface area contributed by atoms with E-state index in [1.807, 2.05) is 0 Å². The first kappa shape index (κ1) is 6.28. The van der Waals surface area contributed by atoms with Gasteiger partial charge in [0.2, 0.25) is 0 Å². The second-order valence-corrected chi connectivity index (χ2v) is 2.61. The van der Waals surface area contributed by atoms with E-state index in [1.54, 1.807) is 18.6 Å². The van der Waals surface area contributed by atoms with E-state index in [0.29, 0.717) is 12.2 Å². The molecule has 1 N–H and O–H groups in total. The Morgan fingerprint density at radius 3 is 3.09 bits per heavy atom. The minimum atomic E-state index is 0.00634. The minimum absolute atomic E-state index is 0.00634. The van der Waals surface area contributed by atoms with Crippen molar-refractivity contribution in [1.29, 1.82) is 0 Å². The lowest BCUT2D eigenvalue weighted by molar-refractivity contribution is -0.110. The summed E-state index contributed by atoms with van der Waals surface area (Å²) in [5, 5.41) is 9.23. The molecule has 0 aromatic rings. The van der Waals surface area contributed by atoms with E-state index in [-0.39, 0.29) is 5.78 Å². The molecule has 2 aliphatic rings. The van der Waals surface area contributed by atoms with E-state index in [0.717, 1.165) is 11.1 Å². The Morgan fingerprint density at radius 1 is 1.45 bits per heavy atom. The van der Waals surface area contributed by atoms with Crippen molar-refractivity contribution in [3.05, 3.63) is 41.6 Å². The molecular weight excluding hydrogens is 140 g/mol. The topological polar surface area (TPSA) is 37.3 Å². The minimum Gasteiger partial charge on any atom is -0.477 e. The molecule has 0 radical (unpaired) electrons. The molecular formula is C9H7O2+. The third kappa shape index (κ3) is 0.871. The van der Waals surface area contributed by atoms with Crippen molar-refractivity contribution in [3.63, 3.8) is 0 Å². The lowest BCUT2D eigenvalue weighted by Crippen LogP contribution is -1.96. The third-order valence-electron chi connectivity index (χ3n) is 1.87. The van der Waals surface area contributed by atoms with Crippen LogP contribution in [0.4, 0.5) is 0 Å². The van der Waals surface area contributed by atoms with Gasteiger partial charge in [0.1, 0.15) is 0 Å². The van der Waals surface area contributed by atoms with Crippen molar-refractivity contribution >= 4 is 5.78 Å². The van der Waals surface area contributed by atoms with Gasteiger partial charge in [0.05, 0.1) is 18.4 Å². The molecule has 0 aromatic heterocycles. The molecule has 0 unspecified atom stereocenters. The fraction of sp³-hybridized carbons (Fsp3) is 0.111. The van der Waals surface area contributed by atoms with Crippen LogP contribution in [-0.2, 0) is 4.79 Å². The van der Waals surface area contributed by atoms with Gasteiger partial charge >= 0.3 is 0 Å². The summed E-state index contributed by atoms with van der Waals surface area (Å²) in [6, 6.07) is 0. The van der Waals surface area contributed by atoms with Crippen LogP contribution in [0.1, 0.15) is 6.42 Å². The molecule has 0 aromatic carbocycles. The molecule has 2 nitrogen and oxygen atoms in total. The van der Waals surface area contributed by atoms with Gasteiger partial charge in [-0.2, -0.15) is 0 Å². The van der Waals surface area contributed by atoms with Gasteiger partial charge in [-0.25, -0.2) is 0 Å². The van der Waals surface area contributed by atoms with E-state index < -0.39 is 0 Å². The van der Waals surface area contributed by atoms with Crippen LogP contribution in [0.3, 0.4) is 0 Å². The van der Waals surface area contributed by atoms with Crippen LogP contribution < -0.4 is 0 Å². The number of hydrogen-bond donors (Lipinski definition) is 1. The Labute approximate surface area is 64.5 Å². The number of allylic oxidation sites excluding steroid dienone is 6. The molecule has 0 saturated carbocycles. The lowest BCUT2D eigenvalue weighted by atomic mass is 10.0. The average molecular weight is 147 g/mol. The van der Waals surface area contributed by atoms with Crippen molar-refractivity contribution in [3.8, 4) is 0 Å². The summed E-state index contributed by atoms with van der Waals surface area (Å²) in [5.74, 6) is 0.298. The van der Waals surface area contributed by atoms with Gasteiger partial charge in [0, 0.05) is 18.2 Å². The largest absolute Gasteiger partial charge is 0.477 e. The van der Waals surface area contributed by atoms with Gasteiger partial charge in [-0.3, -0.25) is 4.79 Å². The van der Waals surface area contributed by atoms with E-state index >= 15 is 0 Å². The van der Waals surface area contributed by atoms with E-state index in [2.05, 4.69) is 0 Å². The third-order valence-corrected chi connectivity index (χ3v) is 1.87. The van der Waals surface area contributed by atoms with E-state index in [4.69, 9.17) is 0 Å². The number of hydrogen-bond acceptors (Lipinski definition) is 2. The molecule has 0 saturated heterocycles. The number of ketones is 1. The average Bonchev–Trinajstić information content (AvgIpc) is 2.32. The number of carbonyl (C=O) groups excluding carboxylic acids is 1. The molecule has 54 valence electrons. The second kappa shape index (κ2) is 2.02. The van der Waals surface area contributed by atoms with Crippen molar-refractivity contribution in [2.24, 2.45) is 0 Å². The Kier molecular flexibility index (Phi) is 1.15. The van der Waals surface area contributed by atoms with Crippen molar-refractivity contribution in [1.82, 2.24) is 0 Å². The first-order valence-corrected chi connectivity index (χ1v) is 3.47. The summed E-state index contributed by atoms with van der Waals surface area (Å²) in [5.41, 5.74) is 1.72. The number of aliphatic hydroxyl groups is 1. The Bertz CT molecular complexity index is 306. The standard InChI is InChI=1S/C9H6O2/c10-7-2-3-8-6(5-7)1-4-9(8)11/h2-5H,1H2/p+1. The molecule has 0 bridgehead atoms. The summed E-state index contributed by atoms with van der Waals surface area (Å²) in [6.45, 7) is 0. The molecule has 0 fully saturated rings. The quantitative estimate of drug-likeness (QED) is 0.527. The monoisotopic (exact) mass is 147 g/mol. The van der Waals surface area contributed by atoms with Crippen LogP contribution in [-0.4, -0.2) is 10.9 Å². The highest BCUT2D eigenvalue weighted by molar-refractivity contribution is 6.02. The molecule has 0 spiro atoms. The Balaban J connectivity index is 2.48. The Hall–Kier alpha value is -1.44. The zero-order valence-corrected chi connectivity index (χ0v) is 5.87. The smallest absolute Gasteiger partial charge is 0.286 e. The fourth-order valence-corrected chi connectivity index (χ4v) is 1.31. The number of fused-ring (bicyclic) bond motifs is 1. The van der Waals surface area contributed by atoms with Gasteiger partial charge < -0.3 is 5.11 Å². The normalized spacial score (nSPS) is 21.5. The first-order valence-electron chi connectivity index (χ1n) is 3.47. The lowest BCUT2D eigenvalue weighted by Gasteiger charge is -1.94.